The van der Waals surface area contributed by atoms with E-state index in [1.165, 1.54) is 19.2 Å². The zero-order valence-corrected chi connectivity index (χ0v) is 13.7. The number of halogens is 1. The molecule has 0 bridgehead atoms. The second-order valence-electron chi connectivity index (χ2n) is 5.91. The summed E-state index contributed by atoms with van der Waals surface area (Å²) in [7, 11) is 0. The highest BCUT2D eigenvalue weighted by atomic mass is 35.5. The first-order valence-corrected chi connectivity index (χ1v) is 7.77. The van der Waals surface area contributed by atoms with Crippen molar-refractivity contribution in [1.82, 2.24) is 4.98 Å². The lowest BCUT2D eigenvalue weighted by molar-refractivity contribution is -0.117. The summed E-state index contributed by atoms with van der Waals surface area (Å²) in [6.45, 7) is 0. The number of aromatic nitrogens is 1. The van der Waals surface area contributed by atoms with Crippen molar-refractivity contribution in [2.75, 3.05) is 5.32 Å². The molecule has 6 heteroatoms. The molecule has 1 saturated carbocycles. The van der Waals surface area contributed by atoms with Gasteiger partial charge in [0.15, 0.2) is 12.2 Å². The standard InChI is InChI=1S/C17H21N3O2.ClH/c18-15-7-2-1-4-12(15)9-17(21)20-14-6-3-5-13(8-14)16-10-19-11-22-16;/h3,5-6,8,10-12,15H,1-2,4,7,9,18H2,(H,20,21);1H. The van der Waals surface area contributed by atoms with Crippen LogP contribution in [0.3, 0.4) is 0 Å². The molecule has 0 aliphatic heterocycles. The number of anilines is 1. The van der Waals surface area contributed by atoms with E-state index in [4.69, 9.17) is 10.2 Å². The van der Waals surface area contributed by atoms with Crippen molar-refractivity contribution in [3.8, 4) is 11.3 Å². The molecule has 1 aliphatic rings. The van der Waals surface area contributed by atoms with Crippen LogP contribution >= 0.6 is 12.4 Å². The van der Waals surface area contributed by atoms with Crippen LogP contribution in [-0.4, -0.2) is 16.9 Å². The Bertz CT molecular complexity index is 631. The summed E-state index contributed by atoms with van der Waals surface area (Å²) in [5, 5.41) is 2.96. The van der Waals surface area contributed by atoms with Crippen LogP contribution in [0.25, 0.3) is 11.3 Å². The number of hydrogen-bond donors (Lipinski definition) is 2. The number of oxazole rings is 1. The Kier molecular flexibility index (Phi) is 6.19. The zero-order valence-electron chi connectivity index (χ0n) is 12.9. The largest absolute Gasteiger partial charge is 0.444 e. The first kappa shape index (κ1) is 17.5. The maximum atomic E-state index is 12.2. The minimum absolute atomic E-state index is 0. The molecular weight excluding hydrogens is 314 g/mol. The lowest BCUT2D eigenvalue weighted by atomic mass is 9.83. The van der Waals surface area contributed by atoms with Crippen molar-refractivity contribution >= 4 is 24.0 Å². The molecule has 2 aromatic rings. The van der Waals surface area contributed by atoms with E-state index in [2.05, 4.69) is 10.3 Å². The Balaban J connectivity index is 0.00000192. The highest BCUT2D eigenvalue weighted by Crippen LogP contribution is 2.27. The summed E-state index contributed by atoms with van der Waals surface area (Å²) >= 11 is 0. The molecule has 3 rings (SSSR count). The zero-order chi connectivity index (χ0) is 15.4. The van der Waals surface area contributed by atoms with Crippen molar-refractivity contribution < 1.29 is 9.21 Å². The summed E-state index contributed by atoms with van der Waals surface area (Å²) in [6.07, 6.45) is 7.97. The van der Waals surface area contributed by atoms with Crippen molar-refractivity contribution in [3.05, 3.63) is 36.9 Å². The molecule has 2 atom stereocenters. The molecule has 1 aromatic carbocycles. The Labute approximate surface area is 142 Å². The van der Waals surface area contributed by atoms with Crippen LogP contribution in [-0.2, 0) is 4.79 Å². The molecule has 1 fully saturated rings. The number of nitrogens with two attached hydrogens (primary N) is 1. The van der Waals surface area contributed by atoms with Gasteiger partial charge in [0.2, 0.25) is 5.91 Å². The van der Waals surface area contributed by atoms with Crippen LogP contribution in [0.1, 0.15) is 32.1 Å². The number of rotatable bonds is 4. The highest BCUT2D eigenvalue weighted by Gasteiger charge is 2.24. The quantitative estimate of drug-likeness (QED) is 0.894. The van der Waals surface area contributed by atoms with Gasteiger partial charge in [-0.15, -0.1) is 12.4 Å². The number of nitrogens with zero attached hydrogens (tertiary/aromatic N) is 1. The van der Waals surface area contributed by atoms with Gasteiger partial charge in [-0.1, -0.05) is 25.0 Å². The monoisotopic (exact) mass is 335 g/mol. The van der Waals surface area contributed by atoms with E-state index >= 15 is 0 Å². The van der Waals surface area contributed by atoms with Crippen molar-refractivity contribution in [3.63, 3.8) is 0 Å². The van der Waals surface area contributed by atoms with E-state index in [1.807, 2.05) is 24.3 Å². The molecule has 1 aromatic heterocycles. The summed E-state index contributed by atoms with van der Waals surface area (Å²) in [5.41, 5.74) is 7.77. The number of benzene rings is 1. The van der Waals surface area contributed by atoms with Crippen LogP contribution in [0.5, 0.6) is 0 Å². The van der Waals surface area contributed by atoms with E-state index in [-0.39, 0.29) is 24.4 Å². The molecule has 5 nitrogen and oxygen atoms in total. The number of carbonyl (C=O) groups is 1. The second kappa shape index (κ2) is 8.13. The van der Waals surface area contributed by atoms with Gasteiger partial charge >= 0.3 is 0 Å². The van der Waals surface area contributed by atoms with Gasteiger partial charge in [-0.25, -0.2) is 4.98 Å². The fraction of sp³-hybridized carbons (Fsp3) is 0.412. The van der Waals surface area contributed by atoms with Gasteiger partial charge in [-0.2, -0.15) is 0 Å². The van der Waals surface area contributed by atoms with E-state index in [0.29, 0.717) is 18.1 Å². The van der Waals surface area contributed by atoms with Crippen molar-refractivity contribution in [2.24, 2.45) is 11.7 Å². The molecule has 0 spiro atoms. The Hall–Kier alpha value is -1.85. The fourth-order valence-electron chi connectivity index (χ4n) is 3.05. The van der Waals surface area contributed by atoms with Crippen molar-refractivity contribution in [1.29, 1.82) is 0 Å². The lowest BCUT2D eigenvalue weighted by Crippen LogP contribution is -2.35. The summed E-state index contributed by atoms with van der Waals surface area (Å²) in [5.74, 6) is 1.01. The summed E-state index contributed by atoms with van der Waals surface area (Å²) < 4.78 is 5.27. The molecule has 0 radical (unpaired) electrons. The SMILES string of the molecule is Cl.NC1CCCCC1CC(=O)Nc1cccc(-c2cnco2)c1. The molecule has 1 heterocycles. The molecule has 0 saturated heterocycles. The van der Waals surface area contributed by atoms with E-state index in [1.54, 1.807) is 6.20 Å². The van der Waals surface area contributed by atoms with Crippen LogP contribution in [0.15, 0.2) is 41.3 Å². The first-order valence-electron chi connectivity index (χ1n) is 7.77. The molecular formula is C17H22ClN3O2. The van der Waals surface area contributed by atoms with Crippen LogP contribution in [0.4, 0.5) is 5.69 Å². The Morgan fingerprint density at radius 3 is 2.91 bits per heavy atom. The average molecular weight is 336 g/mol. The Morgan fingerprint density at radius 2 is 2.17 bits per heavy atom. The molecule has 2 unspecified atom stereocenters. The predicted octanol–water partition coefficient (Wildman–Crippen LogP) is 3.61. The Morgan fingerprint density at radius 1 is 1.35 bits per heavy atom. The van der Waals surface area contributed by atoms with Crippen molar-refractivity contribution in [2.45, 2.75) is 38.1 Å². The minimum atomic E-state index is 0. The molecule has 3 N–H and O–H groups in total. The predicted molar refractivity (Wildman–Crippen MR) is 92.4 cm³/mol. The topological polar surface area (TPSA) is 81.2 Å². The third-order valence-electron chi connectivity index (χ3n) is 4.28. The number of carbonyl (C=O) groups excluding carboxylic acids is 1. The third-order valence-corrected chi connectivity index (χ3v) is 4.28. The molecule has 1 amide bonds. The third kappa shape index (κ3) is 4.56. The molecule has 23 heavy (non-hydrogen) atoms. The smallest absolute Gasteiger partial charge is 0.224 e. The van der Waals surface area contributed by atoms with Gasteiger partial charge in [0, 0.05) is 23.7 Å². The number of amides is 1. The van der Waals surface area contributed by atoms with E-state index < -0.39 is 0 Å². The summed E-state index contributed by atoms with van der Waals surface area (Å²) in [4.78, 5) is 16.1. The van der Waals surface area contributed by atoms with Crippen LogP contribution in [0, 0.1) is 5.92 Å². The highest BCUT2D eigenvalue weighted by molar-refractivity contribution is 5.91. The molecule has 124 valence electrons. The lowest BCUT2D eigenvalue weighted by Gasteiger charge is -2.27. The van der Waals surface area contributed by atoms with Gasteiger partial charge in [-0.3, -0.25) is 4.79 Å². The maximum absolute atomic E-state index is 12.2. The van der Waals surface area contributed by atoms with Gasteiger partial charge in [0.05, 0.1) is 6.20 Å². The van der Waals surface area contributed by atoms with Gasteiger partial charge in [0.1, 0.15) is 0 Å². The van der Waals surface area contributed by atoms with Gasteiger partial charge in [0.25, 0.3) is 0 Å². The van der Waals surface area contributed by atoms with E-state index in [9.17, 15) is 4.79 Å². The maximum Gasteiger partial charge on any atom is 0.224 e. The fourth-order valence-corrected chi connectivity index (χ4v) is 3.05. The van der Waals surface area contributed by atoms with Crippen LogP contribution < -0.4 is 11.1 Å². The van der Waals surface area contributed by atoms with Gasteiger partial charge in [-0.05, 0) is 30.9 Å². The van der Waals surface area contributed by atoms with E-state index in [0.717, 1.165) is 24.1 Å². The number of hydrogen-bond acceptors (Lipinski definition) is 4. The summed E-state index contributed by atoms with van der Waals surface area (Å²) in [6, 6.07) is 7.73. The number of nitrogens with one attached hydrogen (secondary N) is 1. The van der Waals surface area contributed by atoms with Gasteiger partial charge < -0.3 is 15.5 Å². The molecule has 1 aliphatic carbocycles. The average Bonchev–Trinajstić information content (AvgIpc) is 3.04. The minimum Gasteiger partial charge on any atom is -0.444 e. The normalized spacial score (nSPS) is 20.6. The van der Waals surface area contributed by atoms with Crippen LogP contribution in [0.2, 0.25) is 0 Å². The first-order chi connectivity index (χ1) is 10.7. The second-order valence-corrected chi connectivity index (χ2v) is 5.91.